The summed E-state index contributed by atoms with van der Waals surface area (Å²) in [6, 6.07) is 13.2. The number of hydrogen-bond acceptors (Lipinski definition) is 3. The second kappa shape index (κ2) is 6.84. The number of carbonyl (C=O) groups is 1. The highest BCUT2D eigenvalue weighted by Crippen LogP contribution is 2.49. The molecule has 0 saturated heterocycles. The fourth-order valence-corrected chi connectivity index (χ4v) is 4.10. The molecular weight excluding hydrogens is 350 g/mol. The van der Waals surface area contributed by atoms with Crippen molar-refractivity contribution in [3.63, 3.8) is 0 Å². The van der Waals surface area contributed by atoms with Gasteiger partial charge in [-0.2, -0.15) is 0 Å². The Morgan fingerprint density at radius 1 is 1.31 bits per heavy atom. The predicted molar refractivity (Wildman–Crippen MR) is 101 cm³/mol. The maximum atomic E-state index is 12.7. The fraction of sp³-hybridized carbons (Fsp3) is 0.381. The van der Waals surface area contributed by atoms with Gasteiger partial charge in [0, 0.05) is 22.6 Å². The fourth-order valence-electron chi connectivity index (χ4n) is 3.91. The summed E-state index contributed by atoms with van der Waals surface area (Å²) in [7, 11) is 1.62. The maximum absolute atomic E-state index is 12.7. The van der Waals surface area contributed by atoms with Crippen molar-refractivity contribution in [2.75, 3.05) is 7.11 Å². The maximum Gasteiger partial charge on any atom is 0.225 e. The van der Waals surface area contributed by atoms with Gasteiger partial charge in [-0.15, -0.1) is 0 Å². The number of carbonyl (C=O) groups excluding carboxylic acids is 1. The molecule has 1 saturated carbocycles. The molecule has 1 atom stereocenters. The lowest BCUT2D eigenvalue weighted by Gasteiger charge is -2.48. The molecule has 1 unspecified atom stereocenters. The molecule has 136 valence electrons. The number of fused-ring (bicyclic) bond motifs is 1. The van der Waals surface area contributed by atoms with E-state index in [0.717, 1.165) is 41.9 Å². The first-order valence-electron chi connectivity index (χ1n) is 8.98. The smallest absolute Gasteiger partial charge is 0.225 e. The van der Waals surface area contributed by atoms with E-state index in [0.29, 0.717) is 5.02 Å². The zero-order valence-electron chi connectivity index (χ0n) is 14.8. The van der Waals surface area contributed by atoms with Crippen molar-refractivity contribution in [1.29, 1.82) is 0 Å². The second-order valence-corrected chi connectivity index (χ2v) is 7.57. The van der Waals surface area contributed by atoms with Crippen LogP contribution in [0.1, 0.15) is 42.9 Å². The lowest BCUT2D eigenvalue weighted by Crippen LogP contribution is -2.49. The largest absolute Gasteiger partial charge is 0.496 e. The number of nitrogens with one attached hydrogen (secondary N) is 1. The Kier molecular flexibility index (Phi) is 4.53. The van der Waals surface area contributed by atoms with Gasteiger partial charge in [0.2, 0.25) is 5.91 Å². The molecule has 1 spiro atoms. The van der Waals surface area contributed by atoms with Crippen LogP contribution in [0.4, 0.5) is 0 Å². The molecule has 1 N–H and O–H groups in total. The molecule has 0 bridgehead atoms. The molecule has 1 amide bonds. The first kappa shape index (κ1) is 17.2. The summed E-state index contributed by atoms with van der Waals surface area (Å²) in [5.74, 6) is 1.54. The summed E-state index contributed by atoms with van der Waals surface area (Å²) < 4.78 is 11.6. The zero-order chi connectivity index (χ0) is 18.1. The predicted octanol–water partition coefficient (Wildman–Crippen LogP) is 4.45. The van der Waals surface area contributed by atoms with Crippen LogP contribution < -0.4 is 14.8 Å². The molecule has 4 rings (SSSR count). The minimum atomic E-state index is -0.136. The monoisotopic (exact) mass is 371 g/mol. The van der Waals surface area contributed by atoms with Crippen molar-refractivity contribution in [3.05, 3.63) is 58.6 Å². The third-order valence-electron chi connectivity index (χ3n) is 5.39. The number of para-hydroxylation sites is 1. The zero-order valence-corrected chi connectivity index (χ0v) is 15.5. The third kappa shape index (κ3) is 3.26. The van der Waals surface area contributed by atoms with E-state index in [-0.39, 0.29) is 24.0 Å². The number of benzene rings is 2. The molecule has 2 aliphatic rings. The molecule has 1 heterocycles. The highest BCUT2D eigenvalue weighted by molar-refractivity contribution is 6.30. The summed E-state index contributed by atoms with van der Waals surface area (Å²) in [4.78, 5) is 12.7. The Morgan fingerprint density at radius 2 is 2.12 bits per heavy atom. The van der Waals surface area contributed by atoms with Crippen molar-refractivity contribution < 1.29 is 14.3 Å². The number of methoxy groups -OCH3 is 1. The van der Waals surface area contributed by atoms with E-state index in [1.54, 1.807) is 7.11 Å². The number of amides is 1. The lowest BCUT2D eigenvalue weighted by atomic mass is 9.73. The van der Waals surface area contributed by atoms with Crippen molar-refractivity contribution in [2.45, 2.75) is 43.7 Å². The average Bonchev–Trinajstić information content (AvgIpc) is 2.61. The standard InChI is InChI=1S/C21H22ClNO3/c1-25-18-6-3-2-5-14(18)11-20(24)23-17-13-21(9-4-10-21)26-19-8-7-15(22)12-16(17)19/h2-3,5-8,12,17H,4,9-11,13H2,1H3,(H,23,24). The summed E-state index contributed by atoms with van der Waals surface area (Å²) >= 11 is 6.18. The van der Waals surface area contributed by atoms with E-state index >= 15 is 0 Å². The number of halogens is 1. The molecule has 26 heavy (non-hydrogen) atoms. The third-order valence-corrected chi connectivity index (χ3v) is 5.63. The van der Waals surface area contributed by atoms with Crippen LogP contribution in [0.25, 0.3) is 0 Å². The Hall–Kier alpha value is -2.20. The van der Waals surface area contributed by atoms with Crippen LogP contribution in [-0.4, -0.2) is 18.6 Å². The number of rotatable bonds is 4. The molecule has 1 aliphatic carbocycles. The van der Waals surface area contributed by atoms with Crippen LogP contribution in [0.5, 0.6) is 11.5 Å². The van der Waals surface area contributed by atoms with Gasteiger partial charge in [-0.3, -0.25) is 4.79 Å². The molecule has 2 aromatic rings. The Bertz CT molecular complexity index is 832. The van der Waals surface area contributed by atoms with E-state index in [1.165, 1.54) is 6.42 Å². The highest BCUT2D eigenvalue weighted by atomic mass is 35.5. The average molecular weight is 372 g/mol. The Morgan fingerprint density at radius 3 is 2.85 bits per heavy atom. The summed E-state index contributed by atoms with van der Waals surface area (Å²) in [6.45, 7) is 0. The van der Waals surface area contributed by atoms with E-state index in [9.17, 15) is 4.79 Å². The van der Waals surface area contributed by atoms with Gasteiger partial charge < -0.3 is 14.8 Å². The van der Waals surface area contributed by atoms with Gasteiger partial charge in [-0.05, 0) is 43.5 Å². The van der Waals surface area contributed by atoms with Crippen molar-refractivity contribution in [1.82, 2.24) is 5.32 Å². The highest BCUT2D eigenvalue weighted by Gasteiger charge is 2.45. The van der Waals surface area contributed by atoms with E-state index in [4.69, 9.17) is 21.1 Å². The van der Waals surface area contributed by atoms with E-state index < -0.39 is 0 Å². The van der Waals surface area contributed by atoms with Crippen molar-refractivity contribution in [3.8, 4) is 11.5 Å². The Labute approximate surface area is 158 Å². The molecule has 0 aromatic heterocycles. The lowest BCUT2D eigenvalue weighted by molar-refractivity contribution is -0.122. The SMILES string of the molecule is COc1ccccc1CC(=O)NC1CC2(CCC2)Oc2ccc(Cl)cc21. The molecule has 5 heteroatoms. The number of hydrogen-bond donors (Lipinski definition) is 1. The second-order valence-electron chi connectivity index (χ2n) is 7.13. The molecule has 4 nitrogen and oxygen atoms in total. The van der Waals surface area contributed by atoms with Gasteiger partial charge in [0.25, 0.3) is 0 Å². The van der Waals surface area contributed by atoms with Crippen molar-refractivity contribution >= 4 is 17.5 Å². The van der Waals surface area contributed by atoms with E-state index in [1.807, 2.05) is 42.5 Å². The Balaban J connectivity index is 1.55. The molecular formula is C21H22ClNO3. The van der Waals surface area contributed by atoms with Crippen LogP contribution in [0.3, 0.4) is 0 Å². The van der Waals surface area contributed by atoms with Crippen LogP contribution >= 0.6 is 11.6 Å². The van der Waals surface area contributed by atoms with Crippen LogP contribution in [0, 0.1) is 0 Å². The molecule has 1 aliphatic heterocycles. The van der Waals surface area contributed by atoms with Gasteiger partial charge in [0.15, 0.2) is 0 Å². The van der Waals surface area contributed by atoms with E-state index in [2.05, 4.69) is 5.32 Å². The quantitative estimate of drug-likeness (QED) is 0.863. The first-order valence-corrected chi connectivity index (χ1v) is 9.36. The molecule has 2 aromatic carbocycles. The summed E-state index contributed by atoms with van der Waals surface area (Å²) in [5.41, 5.74) is 1.70. The van der Waals surface area contributed by atoms with Crippen LogP contribution in [-0.2, 0) is 11.2 Å². The van der Waals surface area contributed by atoms with Crippen LogP contribution in [0.2, 0.25) is 5.02 Å². The normalized spacial score (nSPS) is 19.8. The van der Waals surface area contributed by atoms with Gasteiger partial charge in [0.05, 0.1) is 19.6 Å². The van der Waals surface area contributed by atoms with Gasteiger partial charge in [-0.1, -0.05) is 29.8 Å². The topological polar surface area (TPSA) is 47.6 Å². The minimum absolute atomic E-state index is 0.0261. The number of ether oxygens (including phenoxy) is 2. The van der Waals surface area contributed by atoms with Crippen LogP contribution in [0.15, 0.2) is 42.5 Å². The van der Waals surface area contributed by atoms with Gasteiger partial charge >= 0.3 is 0 Å². The summed E-state index contributed by atoms with van der Waals surface area (Å²) in [5, 5.41) is 3.85. The summed E-state index contributed by atoms with van der Waals surface area (Å²) in [6.07, 6.45) is 4.31. The van der Waals surface area contributed by atoms with Crippen molar-refractivity contribution in [2.24, 2.45) is 0 Å². The van der Waals surface area contributed by atoms with Gasteiger partial charge in [0.1, 0.15) is 17.1 Å². The molecule has 1 fully saturated rings. The van der Waals surface area contributed by atoms with Gasteiger partial charge in [-0.25, -0.2) is 0 Å². The molecule has 0 radical (unpaired) electrons. The first-order chi connectivity index (χ1) is 12.6. The minimum Gasteiger partial charge on any atom is -0.496 e.